The lowest BCUT2D eigenvalue weighted by Gasteiger charge is -2.36. The molecule has 0 saturated carbocycles. The van der Waals surface area contributed by atoms with E-state index < -0.39 is 49.4 Å². The van der Waals surface area contributed by atoms with Gasteiger partial charge in [0.1, 0.15) is 0 Å². The first kappa shape index (κ1) is 20.6. The van der Waals surface area contributed by atoms with Crippen LogP contribution in [0.3, 0.4) is 0 Å². The number of rotatable bonds is 6. The molecule has 0 spiro atoms. The van der Waals surface area contributed by atoms with Crippen molar-refractivity contribution in [1.82, 2.24) is 0 Å². The second kappa shape index (κ2) is 6.37. The summed E-state index contributed by atoms with van der Waals surface area (Å²) in [6.45, 7) is 3.37. The first-order valence-corrected chi connectivity index (χ1v) is 5.60. The lowest BCUT2D eigenvalue weighted by Crippen LogP contribution is -2.64. The molecule has 0 heterocycles. The van der Waals surface area contributed by atoms with Crippen LogP contribution < -0.4 is 0 Å². The van der Waals surface area contributed by atoms with Crippen LogP contribution in [-0.2, 0) is 9.53 Å². The van der Waals surface area contributed by atoms with Crippen LogP contribution in [0.2, 0.25) is 0 Å². The van der Waals surface area contributed by atoms with Crippen LogP contribution in [0.5, 0.6) is 0 Å². The molecular formula is C11H11F9O2. The van der Waals surface area contributed by atoms with Gasteiger partial charge in [0, 0.05) is 12.0 Å². The SMILES string of the molecule is C=C(C)C(=O)OCCCC(F)(F)C(F)(C(F)(F)F)C(F)(F)F. The van der Waals surface area contributed by atoms with Crippen molar-refractivity contribution in [3.8, 4) is 0 Å². The smallest absolute Gasteiger partial charge is 0.437 e. The van der Waals surface area contributed by atoms with Gasteiger partial charge in [-0.15, -0.1) is 0 Å². The molecule has 0 aromatic heterocycles. The summed E-state index contributed by atoms with van der Waals surface area (Å²) in [7, 11) is 0. The van der Waals surface area contributed by atoms with Gasteiger partial charge in [0.15, 0.2) is 0 Å². The molecule has 11 heteroatoms. The van der Waals surface area contributed by atoms with Crippen LogP contribution in [0.25, 0.3) is 0 Å². The van der Waals surface area contributed by atoms with Crippen LogP contribution in [0.1, 0.15) is 19.8 Å². The van der Waals surface area contributed by atoms with Gasteiger partial charge in [-0.25, -0.2) is 18.0 Å². The highest BCUT2D eigenvalue weighted by atomic mass is 19.4. The number of hydrogen-bond donors (Lipinski definition) is 0. The topological polar surface area (TPSA) is 26.3 Å². The Kier molecular flexibility index (Phi) is 5.96. The Labute approximate surface area is 118 Å². The largest absolute Gasteiger partial charge is 0.462 e. The number of carbonyl (C=O) groups excluding carboxylic acids is 1. The van der Waals surface area contributed by atoms with Gasteiger partial charge in [-0.2, -0.15) is 26.3 Å². The molecule has 130 valence electrons. The summed E-state index contributed by atoms with van der Waals surface area (Å²) >= 11 is 0. The Bertz CT molecular complexity index is 408. The molecule has 0 aromatic rings. The van der Waals surface area contributed by atoms with Crippen molar-refractivity contribution < 1.29 is 49.0 Å². The minimum atomic E-state index is -6.86. The molecule has 0 aliphatic carbocycles. The molecule has 0 fully saturated rings. The summed E-state index contributed by atoms with van der Waals surface area (Å²) in [6.07, 6.45) is -16.9. The van der Waals surface area contributed by atoms with Crippen molar-refractivity contribution in [3.63, 3.8) is 0 Å². The van der Waals surface area contributed by atoms with Crippen LogP contribution >= 0.6 is 0 Å². The number of halogens is 9. The summed E-state index contributed by atoms with van der Waals surface area (Å²) in [6, 6.07) is 0. The Morgan fingerprint density at radius 2 is 1.36 bits per heavy atom. The van der Waals surface area contributed by atoms with Crippen LogP contribution in [0.4, 0.5) is 39.5 Å². The fraction of sp³-hybridized carbons (Fsp3) is 0.727. The summed E-state index contributed by atoms with van der Waals surface area (Å²) in [5.74, 6) is -6.85. The van der Waals surface area contributed by atoms with E-state index in [0.29, 0.717) is 0 Å². The third-order valence-electron chi connectivity index (χ3n) is 2.50. The van der Waals surface area contributed by atoms with Crippen molar-refractivity contribution in [2.24, 2.45) is 0 Å². The molecule has 0 aromatic carbocycles. The zero-order valence-corrected chi connectivity index (χ0v) is 11.0. The standard InChI is InChI=1S/C11H11F9O2/c1-6(2)7(21)22-5-3-4-8(12,13)9(14,10(15,16)17)11(18,19)20/h1,3-5H2,2H3. The molecule has 22 heavy (non-hydrogen) atoms. The summed E-state index contributed by atoms with van der Waals surface area (Å²) in [4.78, 5) is 10.8. The maximum absolute atomic E-state index is 13.2. The molecular weight excluding hydrogens is 335 g/mol. The first-order chi connectivity index (χ1) is 9.58. The van der Waals surface area contributed by atoms with Crippen molar-refractivity contribution >= 4 is 5.97 Å². The van der Waals surface area contributed by atoms with Gasteiger partial charge >= 0.3 is 24.0 Å². The second-order valence-electron chi connectivity index (χ2n) is 4.38. The lowest BCUT2D eigenvalue weighted by molar-refractivity contribution is -0.397. The predicted molar refractivity (Wildman–Crippen MR) is 55.9 cm³/mol. The van der Waals surface area contributed by atoms with E-state index in [1.165, 1.54) is 6.92 Å². The van der Waals surface area contributed by atoms with E-state index in [9.17, 15) is 44.3 Å². The average Bonchev–Trinajstić information content (AvgIpc) is 2.30. The second-order valence-corrected chi connectivity index (χ2v) is 4.38. The van der Waals surface area contributed by atoms with Gasteiger partial charge in [-0.05, 0) is 13.3 Å². The number of alkyl halides is 9. The number of esters is 1. The quantitative estimate of drug-likeness (QED) is 0.309. The zero-order valence-electron chi connectivity index (χ0n) is 11.0. The minimum absolute atomic E-state index is 0.155. The van der Waals surface area contributed by atoms with Gasteiger partial charge < -0.3 is 4.74 Å². The Morgan fingerprint density at radius 1 is 0.955 bits per heavy atom. The Hall–Kier alpha value is -1.42. The van der Waals surface area contributed by atoms with Crippen molar-refractivity contribution in [3.05, 3.63) is 12.2 Å². The highest BCUT2D eigenvalue weighted by Gasteiger charge is 2.83. The average molecular weight is 346 g/mol. The highest BCUT2D eigenvalue weighted by molar-refractivity contribution is 5.86. The van der Waals surface area contributed by atoms with Gasteiger partial charge in [0.05, 0.1) is 6.61 Å². The molecule has 0 bridgehead atoms. The van der Waals surface area contributed by atoms with E-state index in [-0.39, 0.29) is 5.57 Å². The maximum atomic E-state index is 13.2. The van der Waals surface area contributed by atoms with E-state index in [4.69, 9.17) is 0 Å². The maximum Gasteiger partial charge on any atom is 0.437 e. The Morgan fingerprint density at radius 3 is 1.68 bits per heavy atom. The van der Waals surface area contributed by atoms with Crippen molar-refractivity contribution in [1.29, 1.82) is 0 Å². The predicted octanol–water partition coefficient (Wildman–Crippen LogP) is 4.35. The van der Waals surface area contributed by atoms with E-state index in [1.54, 1.807) is 0 Å². The van der Waals surface area contributed by atoms with Crippen molar-refractivity contribution in [2.45, 2.75) is 43.7 Å². The minimum Gasteiger partial charge on any atom is -0.462 e. The third kappa shape index (κ3) is 4.07. The fourth-order valence-corrected chi connectivity index (χ4v) is 1.33. The zero-order chi connectivity index (χ0) is 18.0. The highest BCUT2D eigenvalue weighted by Crippen LogP contribution is 2.55. The molecule has 0 aliphatic rings. The number of hydrogen-bond acceptors (Lipinski definition) is 2. The molecule has 0 amide bonds. The lowest BCUT2D eigenvalue weighted by atomic mass is 9.92. The molecule has 0 radical (unpaired) electrons. The third-order valence-corrected chi connectivity index (χ3v) is 2.50. The molecule has 0 N–H and O–H groups in total. The fourth-order valence-electron chi connectivity index (χ4n) is 1.33. The van der Waals surface area contributed by atoms with Gasteiger partial charge in [-0.3, -0.25) is 0 Å². The molecule has 2 nitrogen and oxygen atoms in total. The molecule has 0 atom stereocenters. The summed E-state index contributed by atoms with van der Waals surface area (Å²) < 4.78 is 117. The Balaban J connectivity index is 5.03. The van der Waals surface area contributed by atoms with E-state index in [0.717, 1.165) is 0 Å². The van der Waals surface area contributed by atoms with Gasteiger partial charge in [-0.1, -0.05) is 6.58 Å². The monoisotopic (exact) mass is 346 g/mol. The number of ether oxygens (including phenoxy) is 1. The summed E-state index contributed by atoms with van der Waals surface area (Å²) in [5, 5.41) is 0. The van der Waals surface area contributed by atoms with E-state index in [1.807, 2.05) is 0 Å². The van der Waals surface area contributed by atoms with Gasteiger partial charge in [0.25, 0.3) is 5.92 Å². The summed E-state index contributed by atoms with van der Waals surface area (Å²) in [5.41, 5.74) is -6.84. The molecule has 0 rings (SSSR count). The molecule has 0 saturated heterocycles. The van der Waals surface area contributed by atoms with E-state index in [2.05, 4.69) is 11.3 Å². The van der Waals surface area contributed by atoms with Crippen LogP contribution in [-0.4, -0.2) is 36.5 Å². The van der Waals surface area contributed by atoms with E-state index >= 15 is 0 Å². The van der Waals surface area contributed by atoms with Crippen molar-refractivity contribution in [2.75, 3.05) is 6.61 Å². The molecule has 0 unspecified atom stereocenters. The van der Waals surface area contributed by atoms with Crippen LogP contribution in [0, 0.1) is 0 Å². The first-order valence-electron chi connectivity index (χ1n) is 5.60. The number of carbonyl (C=O) groups is 1. The normalized spacial score (nSPS) is 13.9. The molecule has 0 aliphatic heterocycles. The van der Waals surface area contributed by atoms with Gasteiger partial charge in [0.2, 0.25) is 0 Å². The van der Waals surface area contributed by atoms with Crippen LogP contribution in [0.15, 0.2) is 12.2 Å².